The zero-order valence-electron chi connectivity index (χ0n) is 15.6. The number of guanidine groups is 1. The fourth-order valence-electron chi connectivity index (χ4n) is 3.12. The summed E-state index contributed by atoms with van der Waals surface area (Å²) in [5.74, 6) is 0.625. The van der Waals surface area contributed by atoms with Gasteiger partial charge >= 0.3 is 0 Å². The number of benzene rings is 1. The molecule has 2 aromatic rings. The minimum atomic E-state index is -0.181. The molecule has 2 heterocycles. The van der Waals surface area contributed by atoms with Crippen LogP contribution in [0.25, 0.3) is 0 Å². The first kappa shape index (κ1) is 18.6. The molecule has 26 heavy (non-hydrogen) atoms. The molecule has 7 heteroatoms. The molecule has 0 spiro atoms. The van der Waals surface area contributed by atoms with E-state index in [1.54, 1.807) is 30.5 Å². The lowest BCUT2D eigenvalue weighted by Gasteiger charge is -2.34. The number of anilines is 1. The molecule has 0 radical (unpaired) electrons. The van der Waals surface area contributed by atoms with Gasteiger partial charge in [-0.3, -0.25) is 4.99 Å². The van der Waals surface area contributed by atoms with Crippen LogP contribution in [0.3, 0.4) is 0 Å². The van der Waals surface area contributed by atoms with Gasteiger partial charge in [0.2, 0.25) is 0 Å². The Morgan fingerprint density at radius 1 is 1.35 bits per heavy atom. The Balaban J connectivity index is 1.48. The minimum absolute atomic E-state index is 0.181. The van der Waals surface area contributed by atoms with Gasteiger partial charge in [0.1, 0.15) is 10.8 Å². The van der Waals surface area contributed by atoms with Crippen molar-refractivity contribution >= 4 is 23.0 Å². The number of thiazole rings is 1. The van der Waals surface area contributed by atoms with Crippen LogP contribution in [0, 0.1) is 19.7 Å². The second kappa shape index (κ2) is 8.49. The first-order valence-electron chi connectivity index (χ1n) is 8.95. The van der Waals surface area contributed by atoms with E-state index in [4.69, 9.17) is 0 Å². The predicted molar refractivity (Wildman–Crippen MR) is 107 cm³/mol. The lowest BCUT2D eigenvalue weighted by molar-refractivity contribution is 0.461. The van der Waals surface area contributed by atoms with Gasteiger partial charge in [0.25, 0.3) is 0 Å². The SMILES string of the molecule is CN=C(NCc1nc(C)c(C)s1)NC1CCN(c2cccc(F)c2)CC1. The van der Waals surface area contributed by atoms with E-state index in [9.17, 15) is 4.39 Å². The van der Waals surface area contributed by atoms with Crippen molar-refractivity contribution in [2.24, 2.45) is 4.99 Å². The van der Waals surface area contributed by atoms with Crippen molar-refractivity contribution in [1.82, 2.24) is 15.6 Å². The molecule has 1 aromatic carbocycles. The number of nitrogens with one attached hydrogen (secondary N) is 2. The average molecular weight is 376 g/mol. The molecule has 0 saturated carbocycles. The highest BCUT2D eigenvalue weighted by Crippen LogP contribution is 2.21. The Labute approximate surface area is 158 Å². The lowest BCUT2D eigenvalue weighted by atomic mass is 10.0. The average Bonchev–Trinajstić information content (AvgIpc) is 2.97. The van der Waals surface area contributed by atoms with Crippen molar-refractivity contribution < 1.29 is 4.39 Å². The molecular weight excluding hydrogens is 349 g/mol. The van der Waals surface area contributed by atoms with E-state index in [1.807, 2.05) is 13.0 Å². The van der Waals surface area contributed by atoms with Crippen molar-refractivity contribution in [1.29, 1.82) is 0 Å². The summed E-state index contributed by atoms with van der Waals surface area (Å²) in [5, 5.41) is 7.92. The van der Waals surface area contributed by atoms with Gasteiger partial charge in [0.15, 0.2) is 5.96 Å². The van der Waals surface area contributed by atoms with E-state index in [2.05, 4.69) is 32.4 Å². The fraction of sp³-hybridized carbons (Fsp3) is 0.474. The Kier molecular flexibility index (Phi) is 6.08. The van der Waals surface area contributed by atoms with Crippen molar-refractivity contribution in [3.63, 3.8) is 0 Å². The van der Waals surface area contributed by atoms with Gasteiger partial charge in [-0.05, 0) is 44.9 Å². The number of hydrogen-bond acceptors (Lipinski definition) is 4. The maximum Gasteiger partial charge on any atom is 0.191 e. The number of hydrogen-bond donors (Lipinski definition) is 2. The summed E-state index contributed by atoms with van der Waals surface area (Å²) < 4.78 is 13.4. The monoisotopic (exact) mass is 375 g/mol. The van der Waals surface area contributed by atoms with Crippen molar-refractivity contribution in [2.75, 3.05) is 25.0 Å². The number of aliphatic imine (C=N–C) groups is 1. The normalized spacial score (nSPS) is 16.0. The smallest absolute Gasteiger partial charge is 0.191 e. The molecular formula is C19H26FN5S. The second-order valence-corrected chi connectivity index (χ2v) is 7.85. The summed E-state index contributed by atoms with van der Waals surface area (Å²) in [5.41, 5.74) is 2.06. The fourth-order valence-corrected chi connectivity index (χ4v) is 3.99. The molecule has 2 N–H and O–H groups in total. The van der Waals surface area contributed by atoms with Crippen LogP contribution in [0.4, 0.5) is 10.1 Å². The molecule has 1 aromatic heterocycles. The second-order valence-electron chi connectivity index (χ2n) is 6.56. The van der Waals surface area contributed by atoms with E-state index in [-0.39, 0.29) is 5.82 Å². The van der Waals surface area contributed by atoms with Crippen LogP contribution in [0.1, 0.15) is 28.4 Å². The maximum atomic E-state index is 13.4. The molecule has 5 nitrogen and oxygen atoms in total. The summed E-state index contributed by atoms with van der Waals surface area (Å²) >= 11 is 1.72. The molecule has 3 rings (SSSR count). The summed E-state index contributed by atoms with van der Waals surface area (Å²) in [6.45, 7) is 6.62. The van der Waals surface area contributed by atoms with Gasteiger partial charge in [-0.25, -0.2) is 9.37 Å². The zero-order chi connectivity index (χ0) is 18.5. The highest BCUT2D eigenvalue weighted by Gasteiger charge is 2.20. The standard InChI is InChI=1S/C19H26FN5S/c1-13-14(2)26-18(23-13)12-22-19(21-3)24-16-7-9-25(10-8-16)17-6-4-5-15(20)11-17/h4-6,11,16H,7-10,12H2,1-3H3,(H2,21,22,24). The highest BCUT2D eigenvalue weighted by atomic mass is 32.1. The number of aromatic nitrogens is 1. The summed E-state index contributed by atoms with van der Waals surface area (Å²) in [6.07, 6.45) is 1.99. The molecule has 1 saturated heterocycles. The molecule has 0 bridgehead atoms. The summed E-state index contributed by atoms with van der Waals surface area (Å²) in [7, 11) is 1.79. The molecule has 1 aliphatic rings. The molecule has 0 aliphatic carbocycles. The van der Waals surface area contributed by atoms with Gasteiger partial charge < -0.3 is 15.5 Å². The van der Waals surface area contributed by atoms with Crippen molar-refractivity contribution in [3.8, 4) is 0 Å². The van der Waals surface area contributed by atoms with E-state index >= 15 is 0 Å². The third-order valence-corrected chi connectivity index (χ3v) is 5.79. The maximum absolute atomic E-state index is 13.4. The molecule has 1 aliphatic heterocycles. The van der Waals surface area contributed by atoms with Gasteiger partial charge in [0, 0.05) is 36.7 Å². The number of rotatable bonds is 4. The van der Waals surface area contributed by atoms with E-state index in [0.717, 1.165) is 48.3 Å². The van der Waals surface area contributed by atoms with Crippen LogP contribution < -0.4 is 15.5 Å². The molecule has 0 amide bonds. The first-order chi connectivity index (χ1) is 12.5. The van der Waals surface area contributed by atoms with Crippen LogP contribution >= 0.6 is 11.3 Å². The largest absolute Gasteiger partial charge is 0.371 e. The number of nitrogens with zero attached hydrogens (tertiary/aromatic N) is 3. The zero-order valence-corrected chi connectivity index (χ0v) is 16.4. The van der Waals surface area contributed by atoms with Crippen molar-refractivity contribution in [3.05, 3.63) is 45.7 Å². The van der Waals surface area contributed by atoms with Crippen molar-refractivity contribution in [2.45, 2.75) is 39.3 Å². The highest BCUT2D eigenvalue weighted by molar-refractivity contribution is 7.11. The number of aryl methyl sites for hydroxylation is 2. The third-order valence-electron chi connectivity index (χ3n) is 4.71. The van der Waals surface area contributed by atoms with Crippen LogP contribution in [0.5, 0.6) is 0 Å². The summed E-state index contributed by atoms with van der Waals surface area (Å²) in [6, 6.07) is 7.19. The van der Waals surface area contributed by atoms with E-state index in [0.29, 0.717) is 12.6 Å². The van der Waals surface area contributed by atoms with Gasteiger partial charge in [-0.15, -0.1) is 11.3 Å². The lowest BCUT2D eigenvalue weighted by Crippen LogP contribution is -2.48. The van der Waals surface area contributed by atoms with Gasteiger partial charge in [-0.1, -0.05) is 6.07 Å². The van der Waals surface area contributed by atoms with Crippen LogP contribution in [0.2, 0.25) is 0 Å². The first-order valence-corrected chi connectivity index (χ1v) is 9.77. The Morgan fingerprint density at radius 2 is 2.12 bits per heavy atom. The molecule has 140 valence electrons. The summed E-state index contributed by atoms with van der Waals surface area (Å²) in [4.78, 5) is 12.4. The Bertz CT molecular complexity index is 746. The molecule has 0 atom stereocenters. The Morgan fingerprint density at radius 3 is 2.73 bits per heavy atom. The van der Waals surface area contributed by atoms with Gasteiger partial charge in [-0.2, -0.15) is 0 Å². The van der Waals surface area contributed by atoms with Crippen LogP contribution in [-0.2, 0) is 6.54 Å². The van der Waals surface area contributed by atoms with Crippen LogP contribution in [0.15, 0.2) is 29.3 Å². The number of piperidine rings is 1. The van der Waals surface area contributed by atoms with E-state index in [1.165, 1.54) is 10.9 Å². The van der Waals surface area contributed by atoms with E-state index < -0.39 is 0 Å². The number of halogens is 1. The predicted octanol–water partition coefficient (Wildman–Crippen LogP) is 3.23. The third kappa shape index (κ3) is 4.72. The molecule has 1 fully saturated rings. The quantitative estimate of drug-likeness (QED) is 0.636. The van der Waals surface area contributed by atoms with Crippen LogP contribution in [-0.4, -0.2) is 37.1 Å². The topological polar surface area (TPSA) is 52.6 Å². The van der Waals surface area contributed by atoms with Gasteiger partial charge in [0.05, 0.1) is 12.2 Å². The Hall–Kier alpha value is -2.15. The minimum Gasteiger partial charge on any atom is -0.371 e. The molecule has 0 unspecified atom stereocenters.